The number of amides is 1. The molecule has 0 saturated carbocycles. The molecule has 1 aliphatic heterocycles. The minimum atomic E-state index is -0.487. The topological polar surface area (TPSA) is 73.6 Å². The Balaban J connectivity index is 2.12. The molecule has 0 aromatic heterocycles. The average Bonchev–Trinajstić information content (AvgIpc) is 2.92. The molecule has 1 amide bonds. The van der Waals surface area contributed by atoms with Crippen molar-refractivity contribution in [2.75, 3.05) is 19.7 Å². The number of carbonyl (C=O) groups excluding carboxylic acids is 1. The van der Waals surface area contributed by atoms with E-state index in [0.717, 1.165) is 11.3 Å². The molecule has 0 radical (unpaired) electrons. The van der Waals surface area contributed by atoms with E-state index in [4.69, 9.17) is 10.00 Å². The van der Waals surface area contributed by atoms with Crippen molar-refractivity contribution in [3.8, 4) is 11.8 Å². The van der Waals surface area contributed by atoms with Gasteiger partial charge in [-0.2, -0.15) is 5.26 Å². The van der Waals surface area contributed by atoms with Crippen molar-refractivity contribution in [2.24, 2.45) is 0 Å². The van der Waals surface area contributed by atoms with Crippen LogP contribution in [0.1, 0.15) is 18.9 Å². The third kappa shape index (κ3) is 3.83. The van der Waals surface area contributed by atoms with Crippen LogP contribution >= 0.6 is 0 Å². The van der Waals surface area contributed by atoms with Crippen LogP contribution in [0.25, 0.3) is 6.08 Å². The van der Waals surface area contributed by atoms with Crippen molar-refractivity contribution in [1.82, 2.24) is 4.90 Å². The first kappa shape index (κ1) is 15.1. The predicted octanol–water partition coefficient (Wildman–Crippen LogP) is 1.59. The molecule has 5 nitrogen and oxygen atoms in total. The molecular weight excluding hydrogens is 268 g/mol. The number of aliphatic hydroxyl groups excluding tert-OH is 1. The van der Waals surface area contributed by atoms with E-state index in [1.807, 2.05) is 13.0 Å². The lowest BCUT2D eigenvalue weighted by molar-refractivity contribution is -0.125. The Morgan fingerprint density at radius 2 is 2.24 bits per heavy atom. The highest BCUT2D eigenvalue weighted by Crippen LogP contribution is 2.17. The van der Waals surface area contributed by atoms with E-state index >= 15 is 0 Å². The van der Waals surface area contributed by atoms with Crippen molar-refractivity contribution in [3.05, 3.63) is 35.4 Å². The smallest absolute Gasteiger partial charge is 0.264 e. The molecule has 1 N–H and O–H groups in total. The van der Waals surface area contributed by atoms with Gasteiger partial charge in [0.15, 0.2) is 0 Å². The summed E-state index contributed by atoms with van der Waals surface area (Å²) < 4.78 is 5.34. The molecule has 0 aliphatic carbocycles. The standard InChI is InChI=1S/C16H18N2O3/c1-2-21-15-5-3-12(4-6-15)9-13(10-17)16(20)18-8-7-14(19)11-18/h3-6,9,14,19H,2,7-8,11H2,1H3/b13-9-/t14-/m1/s1. The summed E-state index contributed by atoms with van der Waals surface area (Å²) in [5.74, 6) is 0.421. The Morgan fingerprint density at radius 1 is 1.52 bits per heavy atom. The van der Waals surface area contributed by atoms with E-state index in [1.165, 1.54) is 4.90 Å². The third-order valence-electron chi connectivity index (χ3n) is 3.30. The van der Waals surface area contributed by atoms with Crippen molar-refractivity contribution >= 4 is 12.0 Å². The van der Waals surface area contributed by atoms with Crippen LogP contribution in [0.5, 0.6) is 5.75 Å². The number of hydrogen-bond donors (Lipinski definition) is 1. The summed E-state index contributed by atoms with van der Waals surface area (Å²) in [4.78, 5) is 13.7. The number of aliphatic hydroxyl groups is 1. The average molecular weight is 286 g/mol. The fraction of sp³-hybridized carbons (Fsp3) is 0.375. The fourth-order valence-corrected chi connectivity index (χ4v) is 2.23. The summed E-state index contributed by atoms with van der Waals surface area (Å²) >= 11 is 0. The van der Waals surface area contributed by atoms with Crippen LogP contribution in [0, 0.1) is 11.3 Å². The molecule has 21 heavy (non-hydrogen) atoms. The van der Waals surface area contributed by atoms with Crippen LogP contribution in [0.2, 0.25) is 0 Å². The van der Waals surface area contributed by atoms with Crippen LogP contribution in [0.15, 0.2) is 29.8 Å². The van der Waals surface area contributed by atoms with Gasteiger partial charge in [-0.15, -0.1) is 0 Å². The highest BCUT2D eigenvalue weighted by atomic mass is 16.5. The first-order chi connectivity index (χ1) is 10.1. The van der Waals surface area contributed by atoms with Gasteiger partial charge in [0, 0.05) is 13.1 Å². The van der Waals surface area contributed by atoms with Gasteiger partial charge < -0.3 is 14.7 Å². The molecule has 1 heterocycles. The van der Waals surface area contributed by atoms with E-state index in [2.05, 4.69) is 0 Å². The summed E-state index contributed by atoms with van der Waals surface area (Å²) in [5, 5.41) is 18.6. The zero-order valence-corrected chi connectivity index (χ0v) is 12.0. The number of nitriles is 1. The quantitative estimate of drug-likeness (QED) is 0.674. The molecule has 1 aromatic rings. The van der Waals surface area contributed by atoms with Gasteiger partial charge in [-0.3, -0.25) is 4.79 Å². The van der Waals surface area contributed by atoms with Crippen LogP contribution in [0.3, 0.4) is 0 Å². The van der Waals surface area contributed by atoms with Crippen molar-refractivity contribution < 1.29 is 14.6 Å². The van der Waals surface area contributed by atoms with E-state index in [1.54, 1.807) is 30.3 Å². The summed E-state index contributed by atoms with van der Waals surface area (Å²) in [6.07, 6.45) is 1.63. The fourth-order valence-electron chi connectivity index (χ4n) is 2.23. The number of rotatable bonds is 4. The number of benzene rings is 1. The second kappa shape index (κ2) is 6.91. The summed E-state index contributed by atoms with van der Waals surface area (Å²) in [7, 11) is 0. The van der Waals surface area contributed by atoms with Gasteiger partial charge in [-0.1, -0.05) is 12.1 Å². The number of hydrogen-bond acceptors (Lipinski definition) is 4. The van der Waals surface area contributed by atoms with Gasteiger partial charge >= 0.3 is 0 Å². The Labute approximate surface area is 124 Å². The molecule has 110 valence electrons. The second-order valence-electron chi connectivity index (χ2n) is 4.87. The lowest BCUT2D eigenvalue weighted by Crippen LogP contribution is -2.30. The Kier molecular flexibility index (Phi) is 4.96. The Bertz CT molecular complexity index is 572. The van der Waals surface area contributed by atoms with Gasteiger partial charge in [0.25, 0.3) is 5.91 Å². The summed E-state index contributed by atoms with van der Waals surface area (Å²) in [6.45, 7) is 3.28. The monoisotopic (exact) mass is 286 g/mol. The minimum absolute atomic E-state index is 0.0771. The van der Waals surface area contributed by atoms with E-state index in [9.17, 15) is 9.90 Å². The van der Waals surface area contributed by atoms with Crippen LogP contribution in [-0.4, -0.2) is 41.7 Å². The highest BCUT2D eigenvalue weighted by Gasteiger charge is 2.26. The second-order valence-corrected chi connectivity index (χ2v) is 4.87. The van der Waals surface area contributed by atoms with E-state index < -0.39 is 6.10 Å². The molecule has 1 fully saturated rings. The highest BCUT2D eigenvalue weighted by molar-refractivity contribution is 6.01. The number of likely N-dealkylation sites (tertiary alicyclic amines) is 1. The lowest BCUT2D eigenvalue weighted by atomic mass is 10.1. The minimum Gasteiger partial charge on any atom is -0.494 e. The summed E-state index contributed by atoms with van der Waals surface area (Å²) in [5.41, 5.74) is 0.844. The lowest BCUT2D eigenvalue weighted by Gasteiger charge is -2.14. The van der Waals surface area contributed by atoms with Crippen molar-refractivity contribution in [2.45, 2.75) is 19.4 Å². The number of ether oxygens (including phenoxy) is 1. The van der Waals surface area contributed by atoms with E-state index in [-0.39, 0.29) is 11.5 Å². The molecule has 1 aliphatic rings. The van der Waals surface area contributed by atoms with E-state index in [0.29, 0.717) is 26.1 Å². The third-order valence-corrected chi connectivity index (χ3v) is 3.30. The van der Waals surface area contributed by atoms with Gasteiger partial charge in [-0.05, 0) is 37.1 Å². The zero-order chi connectivity index (χ0) is 15.2. The Hall–Kier alpha value is -2.32. The number of carbonyl (C=O) groups is 1. The predicted molar refractivity (Wildman–Crippen MR) is 78.4 cm³/mol. The van der Waals surface area contributed by atoms with Crippen molar-refractivity contribution in [1.29, 1.82) is 5.26 Å². The van der Waals surface area contributed by atoms with Gasteiger partial charge in [-0.25, -0.2) is 0 Å². The largest absolute Gasteiger partial charge is 0.494 e. The molecule has 0 spiro atoms. The number of β-amino-alcohol motifs (C(OH)–C–C–N with tert-alkyl or cyclic N) is 1. The number of nitrogens with zero attached hydrogens (tertiary/aromatic N) is 2. The molecule has 0 bridgehead atoms. The Morgan fingerprint density at radius 3 is 2.76 bits per heavy atom. The van der Waals surface area contributed by atoms with Crippen molar-refractivity contribution in [3.63, 3.8) is 0 Å². The SMILES string of the molecule is CCOc1ccc(/C=C(/C#N)C(=O)N2CC[C@@H](O)C2)cc1. The molecule has 0 unspecified atom stereocenters. The van der Waals surface area contributed by atoms with Crippen LogP contribution in [-0.2, 0) is 4.79 Å². The molecule has 1 aromatic carbocycles. The molecule has 1 saturated heterocycles. The molecule has 5 heteroatoms. The molecule has 1 atom stereocenters. The van der Waals surface area contributed by atoms with Gasteiger partial charge in [0.05, 0.1) is 12.7 Å². The zero-order valence-electron chi connectivity index (χ0n) is 12.0. The maximum atomic E-state index is 12.2. The maximum absolute atomic E-state index is 12.2. The molecule has 2 rings (SSSR count). The summed E-state index contributed by atoms with van der Waals surface area (Å²) in [6, 6.07) is 9.14. The van der Waals surface area contributed by atoms with Crippen LogP contribution in [0.4, 0.5) is 0 Å². The van der Waals surface area contributed by atoms with Gasteiger partial charge in [0.1, 0.15) is 17.4 Å². The first-order valence-electron chi connectivity index (χ1n) is 6.96. The van der Waals surface area contributed by atoms with Crippen LogP contribution < -0.4 is 4.74 Å². The first-order valence-corrected chi connectivity index (χ1v) is 6.96. The normalized spacial score (nSPS) is 18.4. The molecular formula is C16H18N2O3. The maximum Gasteiger partial charge on any atom is 0.264 e. The van der Waals surface area contributed by atoms with Gasteiger partial charge in [0.2, 0.25) is 0 Å².